The average Bonchev–Trinajstić information content (AvgIpc) is 3.24. The van der Waals surface area contributed by atoms with Crippen LogP contribution in [0.25, 0.3) is 0 Å². The zero-order valence-electron chi connectivity index (χ0n) is 14.9. The number of hydrogen-bond donors (Lipinski definition) is 2. The molecule has 1 aromatic heterocycles. The summed E-state index contributed by atoms with van der Waals surface area (Å²) in [6.45, 7) is 10.0. The number of aryl methyl sites for hydroxylation is 1. The van der Waals surface area contributed by atoms with Gasteiger partial charge < -0.3 is 19.9 Å². The third-order valence-corrected chi connectivity index (χ3v) is 4.47. The van der Waals surface area contributed by atoms with Gasteiger partial charge in [0.25, 0.3) is 0 Å². The monoisotopic (exact) mass is 322 g/mol. The van der Waals surface area contributed by atoms with Crippen molar-refractivity contribution in [1.82, 2.24) is 25.4 Å². The lowest BCUT2D eigenvalue weighted by molar-refractivity contribution is 0.128. The van der Waals surface area contributed by atoms with Gasteiger partial charge in [-0.05, 0) is 45.4 Å². The molecule has 130 valence electrons. The molecule has 0 atom stereocenters. The summed E-state index contributed by atoms with van der Waals surface area (Å²) in [6.07, 6.45) is 3.67. The molecule has 7 nitrogen and oxygen atoms in total. The smallest absolute Gasteiger partial charge is 0.191 e. The van der Waals surface area contributed by atoms with Crippen molar-refractivity contribution in [2.45, 2.75) is 46.6 Å². The first-order valence-corrected chi connectivity index (χ1v) is 8.55. The summed E-state index contributed by atoms with van der Waals surface area (Å²) in [5.74, 6) is 2.62. The maximum atomic E-state index is 5.49. The summed E-state index contributed by atoms with van der Waals surface area (Å²) in [4.78, 5) is 4.63. The Bertz CT molecular complexity index is 521. The highest BCUT2D eigenvalue weighted by atomic mass is 16.5. The summed E-state index contributed by atoms with van der Waals surface area (Å²) in [7, 11) is 1.97. The fraction of sp³-hybridized carbons (Fsp3) is 0.812. The van der Waals surface area contributed by atoms with Crippen LogP contribution in [0.4, 0.5) is 0 Å². The Balaban J connectivity index is 1.86. The molecule has 0 spiro atoms. The van der Waals surface area contributed by atoms with Crippen LogP contribution in [0.2, 0.25) is 0 Å². The second kappa shape index (κ2) is 8.29. The van der Waals surface area contributed by atoms with Crippen LogP contribution in [0, 0.1) is 12.3 Å². The van der Waals surface area contributed by atoms with E-state index in [0.717, 1.165) is 50.3 Å². The molecule has 0 amide bonds. The Hall–Kier alpha value is -1.63. The van der Waals surface area contributed by atoms with Crippen LogP contribution in [0.1, 0.15) is 44.8 Å². The van der Waals surface area contributed by atoms with E-state index < -0.39 is 0 Å². The maximum Gasteiger partial charge on any atom is 0.191 e. The zero-order chi connectivity index (χ0) is 16.7. The van der Waals surface area contributed by atoms with Crippen molar-refractivity contribution >= 4 is 5.96 Å². The van der Waals surface area contributed by atoms with Crippen LogP contribution in [-0.2, 0) is 18.3 Å². The third kappa shape index (κ3) is 5.20. The molecule has 1 saturated carbocycles. The average molecular weight is 322 g/mol. The van der Waals surface area contributed by atoms with Crippen molar-refractivity contribution < 1.29 is 4.74 Å². The van der Waals surface area contributed by atoms with E-state index in [0.29, 0.717) is 12.0 Å². The van der Waals surface area contributed by atoms with Crippen LogP contribution in [0.15, 0.2) is 4.99 Å². The largest absolute Gasteiger partial charge is 0.382 e. The molecule has 0 radical (unpaired) electrons. The number of aromatic nitrogens is 3. The number of nitrogens with one attached hydrogen (secondary N) is 2. The molecule has 0 bridgehead atoms. The van der Waals surface area contributed by atoms with Gasteiger partial charge in [-0.2, -0.15) is 0 Å². The third-order valence-electron chi connectivity index (χ3n) is 4.47. The fourth-order valence-corrected chi connectivity index (χ4v) is 2.48. The lowest BCUT2D eigenvalue weighted by Crippen LogP contribution is -2.40. The van der Waals surface area contributed by atoms with Gasteiger partial charge in [-0.1, -0.05) is 0 Å². The van der Waals surface area contributed by atoms with E-state index >= 15 is 0 Å². The highest BCUT2D eigenvalue weighted by Crippen LogP contribution is 2.48. The number of aliphatic imine (C=N–C) groups is 1. The van der Waals surface area contributed by atoms with Crippen LogP contribution in [-0.4, -0.2) is 47.0 Å². The molecule has 0 saturated heterocycles. The van der Waals surface area contributed by atoms with Gasteiger partial charge in [0, 0.05) is 33.4 Å². The lowest BCUT2D eigenvalue weighted by Gasteiger charge is -2.18. The van der Waals surface area contributed by atoms with E-state index in [1.165, 1.54) is 12.8 Å². The molecule has 7 heteroatoms. The number of guanidine groups is 1. The lowest BCUT2D eigenvalue weighted by atomic mass is 10.0. The molecule has 0 unspecified atom stereocenters. The second-order valence-electron chi connectivity index (χ2n) is 6.22. The molecule has 2 rings (SSSR count). The minimum Gasteiger partial charge on any atom is -0.382 e. The van der Waals surface area contributed by atoms with Crippen molar-refractivity contribution in [2.75, 3.05) is 26.3 Å². The standard InChI is InChI=1S/C16H30N6O/c1-5-17-15(18-11-14-21-20-13(3)22(14)4)19-12-16(7-8-16)9-10-23-6-2/h5-12H2,1-4H3,(H2,17,18,19). The first-order valence-electron chi connectivity index (χ1n) is 8.55. The van der Waals surface area contributed by atoms with Crippen LogP contribution in [0.3, 0.4) is 0 Å². The number of rotatable bonds is 9. The molecular formula is C16H30N6O. The van der Waals surface area contributed by atoms with Crippen LogP contribution < -0.4 is 10.6 Å². The molecule has 0 aromatic carbocycles. The molecular weight excluding hydrogens is 292 g/mol. The molecule has 1 aliphatic carbocycles. The van der Waals surface area contributed by atoms with Gasteiger partial charge in [0.1, 0.15) is 12.4 Å². The topological polar surface area (TPSA) is 76.4 Å². The number of hydrogen-bond acceptors (Lipinski definition) is 4. The zero-order valence-corrected chi connectivity index (χ0v) is 14.9. The van der Waals surface area contributed by atoms with E-state index in [1.54, 1.807) is 0 Å². The van der Waals surface area contributed by atoms with Crippen molar-refractivity contribution in [2.24, 2.45) is 17.5 Å². The van der Waals surface area contributed by atoms with E-state index in [1.807, 2.05) is 25.5 Å². The number of ether oxygens (including phenoxy) is 1. The molecule has 1 aromatic rings. The van der Waals surface area contributed by atoms with E-state index in [2.05, 4.69) is 32.7 Å². The Morgan fingerprint density at radius 1 is 1.30 bits per heavy atom. The molecule has 23 heavy (non-hydrogen) atoms. The number of nitrogens with zero attached hydrogens (tertiary/aromatic N) is 4. The predicted octanol–water partition coefficient (Wildman–Crippen LogP) is 1.39. The van der Waals surface area contributed by atoms with Crippen LogP contribution >= 0.6 is 0 Å². The van der Waals surface area contributed by atoms with Gasteiger partial charge in [0.2, 0.25) is 0 Å². The quantitative estimate of drug-likeness (QED) is 0.408. The first-order chi connectivity index (χ1) is 11.1. The summed E-state index contributed by atoms with van der Waals surface area (Å²) in [6, 6.07) is 0. The second-order valence-corrected chi connectivity index (χ2v) is 6.22. The van der Waals surface area contributed by atoms with Crippen LogP contribution in [0.5, 0.6) is 0 Å². The minimum absolute atomic E-state index is 0.396. The van der Waals surface area contributed by atoms with Crippen molar-refractivity contribution in [3.63, 3.8) is 0 Å². The van der Waals surface area contributed by atoms with Gasteiger partial charge in [0.15, 0.2) is 11.8 Å². The Kier molecular flexibility index (Phi) is 6.38. The van der Waals surface area contributed by atoms with Gasteiger partial charge in [0.05, 0.1) is 0 Å². The molecule has 1 heterocycles. The van der Waals surface area contributed by atoms with E-state index in [-0.39, 0.29) is 0 Å². The van der Waals surface area contributed by atoms with Crippen molar-refractivity contribution in [1.29, 1.82) is 0 Å². The van der Waals surface area contributed by atoms with Gasteiger partial charge in [-0.3, -0.25) is 0 Å². The predicted molar refractivity (Wildman–Crippen MR) is 91.3 cm³/mol. The summed E-state index contributed by atoms with van der Waals surface area (Å²) in [5, 5.41) is 15.0. The summed E-state index contributed by atoms with van der Waals surface area (Å²) >= 11 is 0. The molecule has 1 fully saturated rings. The molecule has 2 N–H and O–H groups in total. The SMILES string of the molecule is CCNC(=NCc1nnc(C)n1C)NCC1(CCOCC)CC1. The molecule has 1 aliphatic rings. The van der Waals surface area contributed by atoms with E-state index in [9.17, 15) is 0 Å². The summed E-state index contributed by atoms with van der Waals surface area (Å²) < 4.78 is 7.46. The highest BCUT2D eigenvalue weighted by molar-refractivity contribution is 5.79. The first kappa shape index (κ1) is 17.7. The minimum atomic E-state index is 0.396. The Morgan fingerprint density at radius 3 is 2.65 bits per heavy atom. The van der Waals surface area contributed by atoms with Gasteiger partial charge >= 0.3 is 0 Å². The summed E-state index contributed by atoms with van der Waals surface area (Å²) in [5.41, 5.74) is 0.396. The Morgan fingerprint density at radius 2 is 2.09 bits per heavy atom. The van der Waals surface area contributed by atoms with Gasteiger partial charge in [-0.15, -0.1) is 10.2 Å². The van der Waals surface area contributed by atoms with Crippen molar-refractivity contribution in [3.05, 3.63) is 11.6 Å². The fourth-order valence-electron chi connectivity index (χ4n) is 2.48. The van der Waals surface area contributed by atoms with Gasteiger partial charge in [-0.25, -0.2) is 4.99 Å². The maximum absolute atomic E-state index is 5.49. The normalized spacial score (nSPS) is 16.4. The van der Waals surface area contributed by atoms with Crippen molar-refractivity contribution in [3.8, 4) is 0 Å². The highest BCUT2D eigenvalue weighted by Gasteiger charge is 2.41. The van der Waals surface area contributed by atoms with E-state index in [4.69, 9.17) is 4.74 Å². The molecule has 0 aliphatic heterocycles. The Labute approximate surface area is 138 Å².